The highest BCUT2D eigenvalue weighted by atomic mass is 15.3. The van der Waals surface area contributed by atoms with Gasteiger partial charge < -0.3 is 4.48 Å². The molecule has 0 amide bonds. The Hall–Kier alpha value is -0.0400. The summed E-state index contributed by atoms with van der Waals surface area (Å²) in [5, 5.41) is 0. The second kappa shape index (κ2) is 13.9. The number of hydrogen-bond acceptors (Lipinski definition) is 0. The van der Waals surface area contributed by atoms with Gasteiger partial charge in [0.2, 0.25) is 0 Å². The van der Waals surface area contributed by atoms with Gasteiger partial charge in [-0.3, -0.25) is 0 Å². The van der Waals surface area contributed by atoms with E-state index in [9.17, 15) is 0 Å². The number of nitrogens with zero attached hydrogens (tertiary/aromatic N) is 1. The number of rotatable bonds is 15. The molecule has 0 saturated heterocycles. The van der Waals surface area contributed by atoms with Crippen molar-refractivity contribution in [2.45, 2.75) is 97.3 Å². The summed E-state index contributed by atoms with van der Waals surface area (Å²) in [7, 11) is 4.84. The van der Waals surface area contributed by atoms with Gasteiger partial charge in [-0.1, -0.05) is 71.6 Å². The van der Waals surface area contributed by atoms with E-state index in [4.69, 9.17) is 0 Å². The standard InChI is InChI=1S/C19H42N/c1-5-7-9-11-13-15-17-19-20(3,4)18-16-14-12-10-8-6-2/h5-19H2,1-4H3/q+1. The third kappa shape index (κ3) is 14.4. The fourth-order valence-corrected chi connectivity index (χ4v) is 2.93. The molecule has 0 heterocycles. The minimum atomic E-state index is 1.24. The van der Waals surface area contributed by atoms with Gasteiger partial charge in [0.15, 0.2) is 0 Å². The molecule has 0 radical (unpaired) electrons. The van der Waals surface area contributed by atoms with Crippen molar-refractivity contribution in [3.63, 3.8) is 0 Å². The summed E-state index contributed by atoms with van der Waals surface area (Å²) in [5.74, 6) is 0. The fourth-order valence-electron chi connectivity index (χ4n) is 2.93. The maximum atomic E-state index is 2.42. The number of unbranched alkanes of at least 4 members (excludes halogenated alkanes) is 11. The summed E-state index contributed by atoms with van der Waals surface area (Å²) in [5.41, 5.74) is 0. The molecule has 0 aliphatic carbocycles. The lowest BCUT2D eigenvalue weighted by Gasteiger charge is -2.30. The monoisotopic (exact) mass is 284 g/mol. The van der Waals surface area contributed by atoms with Crippen LogP contribution in [0.4, 0.5) is 0 Å². The van der Waals surface area contributed by atoms with Crippen molar-refractivity contribution in [3.05, 3.63) is 0 Å². The molecule has 20 heavy (non-hydrogen) atoms. The Morgan fingerprint density at radius 2 is 0.750 bits per heavy atom. The maximum absolute atomic E-state index is 2.42. The Bertz CT molecular complexity index is 186. The van der Waals surface area contributed by atoms with E-state index in [1.54, 1.807) is 0 Å². The molecule has 0 aromatic heterocycles. The van der Waals surface area contributed by atoms with Crippen molar-refractivity contribution in [2.75, 3.05) is 27.2 Å². The lowest BCUT2D eigenvalue weighted by Crippen LogP contribution is -2.41. The van der Waals surface area contributed by atoms with Gasteiger partial charge in [-0.05, 0) is 25.7 Å². The van der Waals surface area contributed by atoms with Crippen LogP contribution in [-0.4, -0.2) is 31.7 Å². The first kappa shape index (κ1) is 20.0. The molecular formula is C19H42N+. The van der Waals surface area contributed by atoms with Crippen LogP contribution < -0.4 is 0 Å². The summed E-state index contributed by atoms with van der Waals surface area (Å²) >= 11 is 0. The van der Waals surface area contributed by atoms with Crippen molar-refractivity contribution >= 4 is 0 Å². The molecule has 0 aliphatic rings. The van der Waals surface area contributed by atoms with Crippen molar-refractivity contribution in [1.29, 1.82) is 0 Å². The average Bonchev–Trinajstić information content (AvgIpc) is 2.41. The summed E-state index contributed by atoms with van der Waals surface area (Å²) in [6.07, 6.45) is 18.6. The number of quaternary nitrogens is 1. The van der Waals surface area contributed by atoms with E-state index < -0.39 is 0 Å². The topological polar surface area (TPSA) is 0 Å². The first-order chi connectivity index (χ1) is 9.62. The van der Waals surface area contributed by atoms with Crippen LogP contribution in [0.25, 0.3) is 0 Å². The van der Waals surface area contributed by atoms with E-state index >= 15 is 0 Å². The summed E-state index contributed by atoms with van der Waals surface area (Å²) in [6.45, 7) is 7.34. The lowest BCUT2D eigenvalue weighted by atomic mass is 10.1. The van der Waals surface area contributed by atoms with Crippen LogP contribution in [0.5, 0.6) is 0 Å². The minimum Gasteiger partial charge on any atom is -0.328 e. The largest absolute Gasteiger partial charge is 0.328 e. The molecule has 0 rings (SSSR count). The predicted molar refractivity (Wildman–Crippen MR) is 93.2 cm³/mol. The maximum Gasteiger partial charge on any atom is 0.0782 e. The van der Waals surface area contributed by atoms with Crippen LogP contribution in [0.15, 0.2) is 0 Å². The molecule has 0 unspecified atom stereocenters. The van der Waals surface area contributed by atoms with Crippen molar-refractivity contribution in [1.82, 2.24) is 0 Å². The fraction of sp³-hybridized carbons (Fsp3) is 1.00. The second-order valence-electron chi connectivity index (χ2n) is 7.27. The van der Waals surface area contributed by atoms with Gasteiger partial charge >= 0.3 is 0 Å². The zero-order valence-electron chi connectivity index (χ0n) is 15.1. The quantitative estimate of drug-likeness (QED) is 0.249. The Balaban J connectivity index is 3.35. The molecule has 0 N–H and O–H groups in total. The molecular weight excluding hydrogens is 242 g/mol. The first-order valence-electron chi connectivity index (χ1n) is 9.44. The van der Waals surface area contributed by atoms with E-state index in [0.717, 1.165) is 0 Å². The zero-order valence-corrected chi connectivity index (χ0v) is 15.1. The van der Waals surface area contributed by atoms with Crippen LogP contribution >= 0.6 is 0 Å². The van der Waals surface area contributed by atoms with Crippen LogP contribution in [0.3, 0.4) is 0 Å². The van der Waals surface area contributed by atoms with Crippen molar-refractivity contribution in [3.8, 4) is 0 Å². The van der Waals surface area contributed by atoms with E-state index in [1.807, 2.05) is 0 Å². The molecule has 0 spiro atoms. The van der Waals surface area contributed by atoms with Gasteiger partial charge in [-0.15, -0.1) is 0 Å². The van der Waals surface area contributed by atoms with Crippen LogP contribution in [0.2, 0.25) is 0 Å². The highest BCUT2D eigenvalue weighted by molar-refractivity contribution is 4.47. The van der Waals surface area contributed by atoms with E-state index in [2.05, 4.69) is 27.9 Å². The van der Waals surface area contributed by atoms with Gasteiger partial charge in [0.1, 0.15) is 0 Å². The Morgan fingerprint density at radius 3 is 1.10 bits per heavy atom. The van der Waals surface area contributed by atoms with Crippen LogP contribution in [0, 0.1) is 0 Å². The normalized spacial score (nSPS) is 12.0. The second-order valence-corrected chi connectivity index (χ2v) is 7.27. The van der Waals surface area contributed by atoms with Gasteiger partial charge in [-0.25, -0.2) is 0 Å². The first-order valence-corrected chi connectivity index (χ1v) is 9.44. The van der Waals surface area contributed by atoms with E-state index in [1.165, 1.54) is 101 Å². The Labute approximate surface area is 129 Å². The molecule has 0 aliphatic heterocycles. The molecule has 0 bridgehead atoms. The molecule has 0 aromatic rings. The highest BCUT2D eigenvalue weighted by Gasteiger charge is 2.13. The Kier molecular flexibility index (Phi) is 13.9. The zero-order chi connectivity index (χ0) is 15.1. The van der Waals surface area contributed by atoms with Crippen molar-refractivity contribution < 1.29 is 4.48 Å². The molecule has 1 nitrogen and oxygen atoms in total. The van der Waals surface area contributed by atoms with Crippen LogP contribution in [0.1, 0.15) is 97.3 Å². The van der Waals surface area contributed by atoms with Gasteiger partial charge in [0, 0.05) is 0 Å². The molecule has 0 fully saturated rings. The molecule has 0 aromatic carbocycles. The smallest absolute Gasteiger partial charge is 0.0782 e. The third-order valence-corrected chi connectivity index (χ3v) is 4.48. The van der Waals surface area contributed by atoms with Gasteiger partial charge in [-0.2, -0.15) is 0 Å². The van der Waals surface area contributed by atoms with E-state index in [-0.39, 0.29) is 0 Å². The SMILES string of the molecule is CCCCCCCCC[N+](C)(C)CCCCCCCC. The van der Waals surface area contributed by atoms with Crippen molar-refractivity contribution in [2.24, 2.45) is 0 Å². The highest BCUT2D eigenvalue weighted by Crippen LogP contribution is 2.11. The van der Waals surface area contributed by atoms with E-state index in [0.29, 0.717) is 0 Å². The molecule has 0 saturated carbocycles. The Morgan fingerprint density at radius 1 is 0.450 bits per heavy atom. The van der Waals surface area contributed by atoms with Gasteiger partial charge in [0.05, 0.1) is 27.2 Å². The summed E-state index contributed by atoms with van der Waals surface area (Å²) in [4.78, 5) is 0. The van der Waals surface area contributed by atoms with Crippen LogP contribution in [-0.2, 0) is 0 Å². The molecule has 1 heteroatoms. The average molecular weight is 285 g/mol. The summed E-state index contributed by atoms with van der Waals surface area (Å²) in [6, 6.07) is 0. The van der Waals surface area contributed by atoms with Gasteiger partial charge in [0.25, 0.3) is 0 Å². The summed E-state index contributed by atoms with van der Waals surface area (Å²) < 4.78 is 1.24. The molecule has 0 atom stereocenters. The molecule has 122 valence electrons. The number of hydrogen-bond donors (Lipinski definition) is 0. The third-order valence-electron chi connectivity index (χ3n) is 4.48. The predicted octanol–water partition coefficient (Wildman–Crippen LogP) is 6.17. The minimum absolute atomic E-state index is 1.24. The lowest BCUT2D eigenvalue weighted by molar-refractivity contribution is -0.890.